The Labute approximate surface area is 128 Å². The van der Waals surface area contributed by atoms with Crippen molar-refractivity contribution in [1.29, 1.82) is 0 Å². The molecule has 1 atom stereocenters. The Morgan fingerprint density at radius 3 is 2.70 bits per heavy atom. The topological polar surface area (TPSA) is 35.0 Å². The molecule has 2 aromatic rings. The van der Waals surface area contributed by atoms with Crippen molar-refractivity contribution in [2.24, 2.45) is 0 Å². The zero-order valence-electron chi connectivity index (χ0n) is 11.4. The lowest BCUT2D eigenvalue weighted by molar-refractivity contribution is 0.446. The second-order valence-corrected chi connectivity index (χ2v) is 5.16. The number of rotatable bonds is 5. The Kier molecular flexibility index (Phi) is 5.21. The van der Waals surface area contributed by atoms with Crippen LogP contribution < -0.4 is 4.74 Å². The zero-order chi connectivity index (χ0) is 14.5. The standard InChI is InChI=1S/C15H16Cl2N2O/c1-3-10(2)11-6-4-5-7-13(11)20-15-12(8-16)14(17)18-9-19-15/h4-7,9-10H,3,8H2,1-2H3. The second kappa shape index (κ2) is 6.91. The van der Waals surface area contributed by atoms with Crippen LogP contribution in [0.2, 0.25) is 5.15 Å². The molecule has 5 heteroatoms. The van der Waals surface area contributed by atoms with Crippen LogP contribution in [0.1, 0.15) is 37.3 Å². The normalized spacial score (nSPS) is 12.2. The van der Waals surface area contributed by atoms with Gasteiger partial charge in [0, 0.05) is 0 Å². The first-order valence-electron chi connectivity index (χ1n) is 6.49. The summed E-state index contributed by atoms with van der Waals surface area (Å²) in [5.41, 5.74) is 1.75. The van der Waals surface area contributed by atoms with E-state index < -0.39 is 0 Å². The Balaban J connectivity index is 2.38. The molecule has 0 spiro atoms. The van der Waals surface area contributed by atoms with Gasteiger partial charge < -0.3 is 4.74 Å². The van der Waals surface area contributed by atoms with Crippen LogP contribution in [0.5, 0.6) is 11.6 Å². The van der Waals surface area contributed by atoms with E-state index in [0.29, 0.717) is 22.5 Å². The molecule has 0 saturated carbocycles. The summed E-state index contributed by atoms with van der Waals surface area (Å²) in [6, 6.07) is 7.93. The first-order chi connectivity index (χ1) is 9.67. The van der Waals surface area contributed by atoms with Crippen LogP contribution in [0.25, 0.3) is 0 Å². The van der Waals surface area contributed by atoms with Crippen molar-refractivity contribution >= 4 is 23.2 Å². The van der Waals surface area contributed by atoms with Gasteiger partial charge >= 0.3 is 0 Å². The van der Waals surface area contributed by atoms with Crippen molar-refractivity contribution in [3.05, 3.63) is 46.9 Å². The Morgan fingerprint density at radius 2 is 2.00 bits per heavy atom. The Bertz CT molecular complexity index is 590. The van der Waals surface area contributed by atoms with Gasteiger partial charge in [-0.15, -0.1) is 11.6 Å². The van der Waals surface area contributed by atoms with Crippen molar-refractivity contribution in [3.8, 4) is 11.6 Å². The lowest BCUT2D eigenvalue weighted by atomic mass is 9.98. The van der Waals surface area contributed by atoms with Gasteiger partial charge in [0.25, 0.3) is 0 Å². The van der Waals surface area contributed by atoms with Gasteiger partial charge in [-0.2, -0.15) is 0 Å². The van der Waals surface area contributed by atoms with Crippen LogP contribution in [0, 0.1) is 0 Å². The van der Waals surface area contributed by atoms with E-state index >= 15 is 0 Å². The van der Waals surface area contributed by atoms with Crippen LogP contribution in [-0.2, 0) is 5.88 Å². The minimum Gasteiger partial charge on any atom is -0.438 e. The van der Waals surface area contributed by atoms with Gasteiger partial charge in [0.15, 0.2) is 0 Å². The van der Waals surface area contributed by atoms with Gasteiger partial charge in [-0.1, -0.05) is 43.6 Å². The second-order valence-electron chi connectivity index (χ2n) is 4.53. The molecule has 1 aromatic carbocycles. The maximum Gasteiger partial charge on any atom is 0.228 e. The SMILES string of the molecule is CCC(C)c1ccccc1Oc1ncnc(Cl)c1CCl. The molecule has 0 aliphatic rings. The Morgan fingerprint density at radius 1 is 1.25 bits per heavy atom. The molecule has 1 unspecified atom stereocenters. The molecule has 0 amide bonds. The summed E-state index contributed by atoms with van der Waals surface area (Å²) in [5, 5.41) is 0.325. The number of halogens is 2. The van der Waals surface area contributed by atoms with Gasteiger partial charge in [0.1, 0.15) is 17.2 Å². The number of benzene rings is 1. The first kappa shape index (κ1) is 15.1. The molecule has 1 heterocycles. The lowest BCUT2D eigenvalue weighted by Gasteiger charge is -2.16. The van der Waals surface area contributed by atoms with E-state index in [-0.39, 0.29) is 5.88 Å². The molecule has 3 nitrogen and oxygen atoms in total. The van der Waals surface area contributed by atoms with Crippen molar-refractivity contribution in [2.75, 3.05) is 0 Å². The summed E-state index contributed by atoms with van der Waals surface area (Å²) in [6.45, 7) is 4.31. The van der Waals surface area contributed by atoms with Crippen molar-refractivity contribution in [2.45, 2.75) is 32.1 Å². The number of nitrogens with zero attached hydrogens (tertiary/aromatic N) is 2. The molecule has 1 aromatic heterocycles. The number of para-hydroxylation sites is 1. The third kappa shape index (κ3) is 3.22. The molecule has 0 fully saturated rings. The monoisotopic (exact) mass is 310 g/mol. The van der Waals surface area contributed by atoms with Crippen molar-refractivity contribution < 1.29 is 4.74 Å². The van der Waals surface area contributed by atoms with Gasteiger partial charge in [-0.25, -0.2) is 9.97 Å². The molecule has 0 aliphatic carbocycles. The van der Waals surface area contributed by atoms with Crippen LogP contribution in [0.15, 0.2) is 30.6 Å². The fourth-order valence-corrected chi connectivity index (χ4v) is 2.38. The molecule has 0 bridgehead atoms. The fraction of sp³-hybridized carbons (Fsp3) is 0.333. The van der Waals surface area contributed by atoms with E-state index in [1.54, 1.807) is 0 Å². The van der Waals surface area contributed by atoms with E-state index in [1.807, 2.05) is 18.2 Å². The number of aromatic nitrogens is 2. The predicted octanol–water partition coefficient (Wildman–Crippen LogP) is 5.17. The van der Waals surface area contributed by atoms with E-state index in [9.17, 15) is 0 Å². The van der Waals surface area contributed by atoms with Crippen LogP contribution >= 0.6 is 23.2 Å². The number of alkyl halides is 1. The summed E-state index contributed by atoms with van der Waals surface area (Å²) in [4.78, 5) is 8.05. The third-order valence-corrected chi connectivity index (χ3v) is 3.85. The first-order valence-corrected chi connectivity index (χ1v) is 7.40. The molecule has 20 heavy (non-hydrogen) atoms. The largest absolute Gasteiger partial charge is 0.438 e. The van der Waals surface area contributed by atoms with Crippen LogP contribution in [-0.4, -0.2) is 9.97 Å². The molecule has 0 aliphatic heterocycles. The van der Waals surface area contributed by atoms with E-state index in [0.717, 1.165) is 17.7 Å². The summed E-state index contributed by atoms with van der Waals surface area (Å²) in [7, 11) is 0. The minimum atomic E-state index is 0.209. The van der Waals surface area contributed by atoms with E-state index in [4.69, 9.17) is 27.9 Å². The maximum absolute atomic E-state index is 6.01. The van der Waals surface area contributed by atoms with E-state index in [2.05, 4.69) is 29.9 Å². The summed E-state index contributed by atoms with van der Waals surface area (Å²) in [6.07, 6.45) is 2.41. The van der Waals surface area contributed by atoms with Crippen molar-refractivity contribution in [3.63, 3.8) is 0 Å². The lowest BCUT2D eigenvalue weighted by Crippen LogP contribution is -2.00. The Hall–Kier alpha value is -1.32. The predicted molar refractivity (Wildman–Crippen MR) is 81.8 cm³/mol. The number of hydrogen-bond acceptors (Lipinski definition) is 3. The minimum absolute atomic E-state index is 0.209. The molecule has 106 valence electrons. The maximum atomic E-state index is 6.01. The highest BCUT2D eigenvalue weighted by atomic mass is 35.5. The van der Waals surface area contributed by atoms with Crippen molar-refractivity contribution in [1.82, 2.24) is 9.97 Å². The van der Waals surface area contributed by atoms with Gasteiger partial charge in [-0.3, -0.25) is 0 Å². The van der Waals surface area contributed by atoms with Gasteiger partial charge in [0.2, 0.25) is 5.88 Å². The van der Waals surface area contributed by atoms with Gasteiger partial charge in [-0.05, 0) is 24.0 Å². The summed E-state index contributed by atoms with van der Waals surface area (Å²) >= 11 is 11.9. The van der Waals surface area contributed by atoms with Crippen LogP contribution in [0.4, 0.5) is 0 Å². The molecule has 0 N–H and O–H groups in total. The molecule has 2 rings (SSSR count). The molecule has 0 saturated heterocycles. The highest BCUT2D eigenvalue weighted by molar-refractivity contribution is 6.31. The van der Waals surface area contributed by atoms with Gasteiger partial charge in [0.05, 0.1) is 11.4 Å². The smallest absolute Gasteiger partial charge is 0.228 e. The molecular weight excluding hydrogens is 295 g/mol. The number of ether oxygens (including phenoxy) is 1. The van der Waals surface area contributed by atoms with Crippen LogP contribution in [0.3, 0.4) is 0 Å². The summed E-state index contributed by atoms with van der Waals surface area (Å²) in [5.74, 6) is 1.81. The highest BCUT2D eigenvalue weighted by Crippen LogP contribution is 2.34. The molecular formula is C15H16Cl2N2O. The zero-order valence-corrected chi connectivity index (χ0v) is 12.9. The highest BCUT2D eigenvalue weighted by Gasteiger charge is 2.15. The average Bonchev–Trinajstić information content (AvgIpc) is 2.47. The third-order valence-electron chi connectivity index (χ3n) is 3.26. The fourth-order valence-electron chi connectivity index (χ4n) is 1.88. The quantitative estimate of drug-likeness (QED) is 0.564. The number of hydrogen-bond donors (Lipinski definition) is 0. The average molecular weight is 311 g/mol. The van der Waals surface area contributed by atoms with E-state index in [1.165, 1.54) is 6.33 Å². The summed E-state index contributed by atoms with van der Waals surface area (Å²) < 4.78 is 5.92. The molecule has 0 radical (unpaired) electrons.